The molecule has 0 unspecified atom stereocenters. The summed E-state index contributed by atoms with van der Waals surface area (Å²) in [5.41, 5.74) is 12.3. The van der Waals surface area contributed by atoms with Gasteiger partial charge in [0, 0.05) is 22.7 Å². The molecule has 2 heteroatoms. The van der Waals surface area contributed by atoms with Crippen LogP contribution >= 0.6 is 0 Å². The predicted molar refractivity (Wildman–Crippen MR) is 163 cm³/mol. The molecule has 0 N–H and O–H groups in total. The Morgan fingerprint density at radius 2 is 1.23 bits per heavy atom. The fourth-order valence-electron chi connectivity index (χ4n) is 6.73. The van der Waals surface area contributed by atoms with Crippen molar-refractivity contribution in [2.75, 3.05) is 0 Å². The first-order valence-electron chi connectivity index (χ1n) is 13.4. The Labute approximate surface area is 225 Å². The molecule has 0 aliphatic heterocycles. The first-order chi connectivity index (χ1) is 19.4. The lowest BCUT2D eigenvalue weighted by atomic mass is 9.94. The Kier molecular flexibility index (Phi) is 4.08. The van der Waals surface area contributed by atoms with E-state index in [1.807, 2.05) is 12.3 Å². The summed E-state index contributed by atoms with van der Waals surface area (Å²) < 4.78 is 2.39. The number of nitrogens with zero attached hydrogens (tertiary/aromatic N) is 2. The maximum Gasteiger partial charge on any atom is 0.0963 e. The molecule has 2 aromatic heterocycles. The smallest absolute Gasteiger partial charge is 0.0963 e. The van der Waals surface area contributed by atoms with Crippen LogP contribution < -0.4 is 0 Å². The number of aromatic nitrogens is 2. The van der Waals surface area contributed by atoms with Gasteiger partial charge in [-0.15, -0.1) is 0 Å². The molecule has 0 spiro atoms. The fourth-order valence-corrected chi connectivity index (χ4v) is 6.73. The second-order valence-electron chi connectivity index (χ2n) is 10.4. The summed E-state index contributed by atoms with van der Waals surface area (Å²) >= 11 is 0. The van der Waals surface area contributed by atoms with Crippen LogP contribution in [0.3, 0.4) is 0 Å². The van der Waals surface area contributed by atoms with Crippen LogP contribution in [0.5, 0.6) is 0 Å². The van der Waals surface area contributed by atoms with E-state index in [0.717, 1.165) is 16.7 Å². The van der Waals surface area contributed by atoms with Gasteiger partial charge in [0.1, 0.15) is 0 Å². The molecule has 0 saturated heterocycles. The van der Waals surface area contributed by atoms with Crippen LogP contribution in [0.2, 0.25) is 0 Å². The second-order valence-corrected chi connectivity index (χ2v) is 10.4. The molecule has 1 aliphatic carbocycles. The summed E-state index contributed by atoms with van der Waals surface area (Å²) in [6.07, 6.45) is 1.89. The second kappa shape index (κ2) is 7.66. The van der Waals surface area contributed by atoms with Gasteiger partial charge in [0.15, 0.2) is 0 Å². The molecule has 6 aromatic carbocycles. The Morgan fingerprint density at radius 3 is 2.15 bits per heavy atom. The SMILES string of the molecule is c1cc(-c2ccc3c4c(cccc24)-c2ccccc2-3)cc(-n2c3cccnc3c3ccc4ccccc4c32)c1. The van der Waals surface area contributed by atoms with Crippen LogP contribution in [0.4, 0.5) is 0 Å². The first-order valence-corrected chi connectivity index (χ1v) is 13.4. The number of rotatable bonds is 2. The number of fused-ring (bicyclic) bond motifs is 8. The summed E-state index contributed by atoms with van der Waals surface area (Å²) in [4.78, 5) is 4.81. The van der Waals surface area contributed by atoms with Crippen molar-refractivity contribution in [1.29, 1.82) is 0 Å². The molecule has 0 saturated carbocycles. The predicted octanol–water partition coefficient (Wildman–Crippen LogP) is 9.80. The van der Waals surface area contributed by atoms with Crippen molar-refractivity contribution < 1.29 is 0 Å². The highest BCUT2D eigenvalue weighted by atomic mass is 15.0. The van der Waals surface area contributed by atoms with Crippen molar-refractivity contribution in [3.8, 4) is 39.1 Å². The van der Waals surface area contributed by atoms with E-state index in [4.69, 9.17) is 4.98 Å². The minimum Gasteiger partial charge on any atom is -0.307 e. The van der Waals surface area contributed by atoms with Crippen molar-refractivity contribution in [2.45, 2.75) is 0 Å². The first kappa shape index (κ1) is 20.8. The summed E-state index contributed by atoms with van der Waals surface area (Å²) in [7, 11) is 0. The average Bonchev–Trinajstić information content (AvgIpc) is 3.52. The van der Waals surface area contributed by atoms with Gasteiger partial charge < -0.3 is 4.57 Å². The van der Waals surface area contributed by atoms with E-state index in [0.29, 0.717) is 0 Å². The summed E-state index contributed by atoms with van der Waals surface area (Å²) in [5, 5.41) is 6.30. The van der Waals surface area contributed by atoms with Crippen molar-refractivity contribution in [2.24, 2.45) is 0 Å². The fraction of sp³-hybridized carbons (Fsp3) is 0. The molecule has 0 atom stereocenters. The van der Waals surface area contributed by atoms with E-state index in [1.54, 1.807) is 0 Å². The van der Waals surface area contributed by atoms with Crippen molar-refractivity contribution >= 4 is 43.5 Å². The van der Waals surface area contributed by atoms with Gasteiger partial charge in [-0.05, 0) is 79.9 Å². The minimum atomic E-state index is 1.03. The molecule has 0 amide bonds. The monoisotopic (exact) mass is 494 g/mol. The van der Waals surface area contributed by atoms with Gasteiger partial charge in [0.25, 0.3) is 0 Å². The van der Waals surface area contributed by atoms with E-state index in [9.17, 15) is 0 Å². The van der Waals surface area contributed by atoms with Crippen molar-refractivity contribution in [1.82, 2.24) is 9.55 Å². The average molecular weight is 495 g/mol. The van der Waals surface area contributed by atoms with E-state index in [-0.39, 0.29) is 0 Å². The molecule has 180 valence electrons. The van der Waals surface area contributed by atoms with Crippen molar-refractivity contribution in [3.63, 3.8) is 0 Å². The molecule has 0 fully saturated rings. The molecular formula is C37H22N2. The van der Waals surface area contributed by atoms with Gasteiger partial charge >= 0.3 is 0 Å². The van der Waals surface area contributed by atoms with Gasteiger partial charge in [0.2, 0.25) is 0 Å². The Balaban J connectivity index is 1.33. The maximum absolute atomic E-state index is 4.81. The third-order valence-corrected chi connectivity index (χ3v) is 8.37. The molecule has 8 aromatic rings. The Bertz CT molecular complexity index is 2260. The third-order valence-electron chi connectivity index (χ3n) is 8.37. The van der Waals surface area contributed by atoms with Gasteiger partial charge in [-0.25, -0.2) is 0 Å². The van der Waals surface area contributed by atoms with Crippen LogP contribution in [0.1, 0.15) is 0 Å². The van der Waals surface area contributed by atoms with Gasteiger partial charge in [-0.3, -0.25) is 4.98 Å². The molecule has 9 rings (SSSR count). The zero-order valence-electron chi connectivity index (χ0n) is 21.1. The summed E-state index contributed by atoms with van der Waals surface area (Å²) in [6, 6.07) is 46.3. The molecule has 2 nitrogen and oxygen atoms in total. The molecule has 1 aliphatic rings. The van der Waals surface area contributed by atoms with Gasteiger partial charge in [-0.1, -0.05) is 97.1 Å². The topological polar surface area (TPSA) is 17.8 Å². The molecule has 0 bridgehead atoms. The van der Waals surface area contributed by atoms with Gasteiger partial charge in [-0.2, -0.15) is 0 Å². The normalized spacial score (nSPS) is 12.1. The van der Waals surface area contributed by atoms with Crippen LogP contribution in [0.25, 0.3) is 82.5 Å². The number of pyridine rings is 1. The molecular weight excluding hydrogens is 472 g/mol. The van der Waals surface area contributed by atoms with E-state index in [2.05, 4.69) is 126 Å². The lowest BCUT2D eigenvalue weighted by Crippen LogP contribution is -1.95. The largest absolute Gasteiger partial charge is 0.307 e. The number of hydrogen-bond acceptors (Lipinski definition) is 1. The maximum atomic E-state index is 4.81. The van der Waals surface area contributed by atoms with Gasteiger partial charge in [0.05, 0.1) is 16.6 Å². The van der Waals surface area contributed by atoms with E-state index in [1.165, 1.54) is 65.8 Å². The lowest BCUT2D eigenvalue weighted by Gasteiger charge is -2.13. The lowest BCUT2D eigenvalue weighted by molar-refractivity contribution is 1.18. The third kappa shape index (κ3) is 2.78. The highest BCUT2D eigenvalue weighted by Gasteiger charge is 2.22. The van der Waals surface area contributed by atoms with Crippen LogP contribution in [0.15, 0.2) is 134 Å². The Morgan fingerprint density at radius 1 is 0.487 bits per heavy atom. The van der Waals surface area contributed by atoms with Crippen LogP contribution in [-0.2, 0) is 0 Å². The summed E-state index contributed by atoms with van der Waals surface area (Å²) in [5.74, 6) is 0. The van der Waals surface area contributed by atoms with Crippen molar-refractivity contribution in [3.05, 3.63) is 134 Å². The molecule has 2 heterocycles. The quantitative estimate of drug-likeness (QED) is 0.234. The number of benzene rings is 6. The summed E-state index contributed by atoms with van der Waals surface area (Å²) in [6.45, 7) is 0. The highest BCUT2D eigenvalue weighted by molar-refractivity contribution is 6.19. The minimum absolute atomic E-state index is 1.03. The highest BCUT2D eigenvalue weighted by Crippen LogP contribution is 2.49. The standard InChI is InChI=1S/C37H22N2/c1-2-11-27-23(8-1)17-18-33-36-34(16-7-21-38-36)39(37(27)33)25-10-5-9-24(22-25)26-19-20-32-29-13-4-3-12-28(29)31-15-6-14-30(26)35(31)32/h1-22H. The van der Waals surface area contributed by atoms with E-state index >= 15 is 0 Å². The zero-order valence-corrected chi connectivity index (χ0v) is 21.1. The van der Waals surface area contributed by atoms with Crippen LogP contribution in [-0.4, -0.2) is 9.55 Å². The molecule has 39 heavy (non-hydrogen) atoms. The van der Waals surface area contributed by atoms with E-state index < -0.39 is 0 Å². The number of hydrogen-bond donors (Lipinski definition) is 0. The Hall–Kier alpha value is -5.21. The molecule has 0 radical (unpaired) electrons. The van der Waals surface area contributed by atoms with Crippen LogP contribution in [0, 0.1) is 0 Å². The zero-order chi connectivity index (χ0) is 25.5.